The monoisotopic (exact) mass is 446 g/mol. The van der Waals surface area contributed by atoms with Gasteiger partial charge in [-0.15, -0.1) is 0 Å². The number of halogens is 3. The number of sulfonamides is 1. The van der Waals surface area contributed by atoms with Crippen LogP contribution in [-0.2, 0) is 21.4 Å². The van der Waals surface area contributed by atoms with Crippen LogP contribution < -0.4 is 4.72 Å². The number of aliphatic carboxylic acids is 1. The second-order valence-electron chi connectivity index (χ2n) is 5.76. The van der Waals surface area contributed by atoms with E-state index in [4.69, 9.17) is 34.8 Å². The summed E-state index contributed by atoms with van der Waals surface area (Å²) in [6.07, 6.45) is 0. The van der Waals surface area contributed by atoms with Gasteiger partial charge in [-0.25, -0.2) is 8.42 Å². The summed E-state index contributed by atoms with van der Waals surface area (Å²) in [6.45, 7) is 1.29. The summed E-state index contributed by atoms with van der Waals surface area (Å²) in [4.78, 5) is 11.0. The van der Waals surface area contributed by atoms with Crippen LogP contribution in [0.2, 0.25) is 15.1 Å². The van der Waals surface area contributed by atoms with E-state index in [1.54, 1.807) is 25.1 Å². The summed E-state index contributed by atoms with van der Waals surface area (Å²) in [5, 5.41) is 10.0. The van der Waals surface area contributed by atoms with Crippen molar-refractivity contribution in [3.63, 3.8) is 0 Å². The van der Waals surface area contributed by atoms with E-state index in [9.17, 15) is 18.3 Å². The molecule has 10 heteroatoms. The third-order valence-electron chi connectivity index (χ3n) is 4.02. The maximum Gasteiger partial charge on any atom is 0.323 e. The number of fused-ring (bicyclic) bond motifs is 1. The molecule has 1 heterocycles. The third-order valence-corrected chi connectivity index (χ3v) is 6.58. The summed E-state index contributed by atoms with van der Waals surface area (Å²) >= 11 is 18.0. The highest BCUT2D eigenvalue weighted by atomic mass is 35.5. The van der Waals surface area contributed by atoms with Gasteiger partial charge in [-0.3, -0.25) is 9.52 Å². The van der Waals surface area contributed by atoms with Crippen LogP contribution in [0.3, 0.4) is 0 Å². The topological polar surface area (TPSA) is 88.4 Å². The predicted molar refractivity (Wildman–Crippen MR) is 107 cm³/mol. The van der Waals surface area contributed by atoms with Crippen molar-refractivity contribution in [2.75, 3.05) is 4.72 Å². The van der Waals surface area contributed by atoms with E-state index in [0.29, 0.717) is 21.6 Å². The molecule has 0 unspecified atom stereocenters. The standard InChI is InChI=1S/C17H13Cl3N2O4S/c1-9-17(21-27(25,26)14-4-2-3-12(19)16(14)20)11-7-10(18)5-6-13(11)22(9)8-15(23)24/h2-7,21H,8H2,1H3,(H,23,24). The average molecular weight is 448 g/mol. The van der Waals surface area contributed by atoms with Crippen LogP contribution in [0.4, 0.5) is 5.69 Å². The smallest absolute Gasteiger partial charge is 0.323 e. The van der Waals surface area contributed by atoms with E-state index >= 15 is 0 Å². The van der Waals surface area contributed by atoms with Crippen LogP contribution in [0.1, 0.15) is 5.69 Å². The summed E-state index contributed by atoms with van der Waals surface area (Å²) < 4.78 is 29.7. The molecule has 27 heavy (non-hydrogen) atoms. The minimum atomic E-state index is -4.08. The SMILES string of the molecule is Cc1c(NS(=O)(=O)c2cccc(Cl)c2Cl)c2cc(Cl)ccc2n1CC(=O)O. The van der Waals surface area contributed by atoms with Gasteiger partial charge in [0, 0.05) is 16.1 Å². The molecule has 0 saturated carbocycles. The number of carboxylic acids is 1. The summed E-state index contributed by atoms with van der Waals surface area (Å²) in [6, 6.07) is 9.09. The lowest BCUT2D eigenvalue weighted by Gasteiger charge is -2.11. The number of carbonyl (C=O) groups is 1. The molecular formula is C17H13Cl3N2O4S. The summed E-state index contributed by atoms with van der Waals surface area (Å²) in [7, 11) is -4.08. The molecule has 3 rings (SSSR count). The molecule has 2 N–H and O–H groups in total. The number of nitrogens with zero attached hydrogens (tertiary/aromatic N) is 1. The van der Waals surface area contributed by atoms with Crippen molar-refractivity contribution in [2.24, 2.45) is 0 Å². The Hall–Kier alpha value is -1.93. The van der Waals surface area contributed by atoms with Crippen molar-refractivity contribution in [2.45, 2.75) is 18.4 Å². The van der Waals surface area contributed by atoms with Gasteiger partial charge in [-0.1, -0.05) is 40.9 Å². The molecule has 0 bridgehead atoms. The van der Waals surface area contributed by atoms with Gasteiger partial charge in [0.15, 0.2) is 0 Å². The van der Waals surface area contributed by atoms with E-state index in [1.165, 1.54) is 22.8 Å². The van der Waals surface area contributed by atoms with Gasteiger partial charge in [-0.2, -0.15) is 0 Å². The Bertz CT molecular complexity index is 1170. The van der Waals surface area contributed by atoms with Crippen molar-refractivity contribution < 1.29 is 18.3 Å². The first kappa shape index (κ1) is 19.8. The van der Waals surface area contributed by atoms with Crippen molar-refractivity contribution in [1.29, 1.82) is 0 Å². The first-order chi connectivity index (χ1) is 12.6. The quantitative estimate of drug-likeness (QED) is 0.588. The van der Waals surface area contributed by atoms with E-state index in [0.717, 1.165) is 0 Å². The molecule has 0 spiro atoms. The van der Waals surface area contributed by atoms with Crippen LogP contribution in [-0.4, -0.2) is 24.1 Å². The van der Waals surface area contributed by atoms with E-state index < -0.39 is 16.0 Å². The number of rotatable bonds is 5. The minimum absolute atomic E-state index is 0.100. The molecule has 0 atom stereocenters. The molecule has 0 aliphatic rings. The van der Waals surface area contributed by atoms with Gasteiger partial charge in [-0.05, 0) is 37.3 Å². The molecule has 1 aromatic heterocycles. The van der Waals surface area contributed by atoms with Crippen LogP contribution >= 0.6 is 34.8 Å². The second-order valence-corrected chi connectivity index (χ2v) is 8.63. The normalized spacial score (nSPS) is 11.7. The fourth-order valence-electron chi connectivity index (χ4n) is 2.80. The Labute approximate surface area is 170 Å². The fraction of sp³-hybridized carbons (Fsp3) is 0.118. The number of hydrogen-bond acceptors (Lipinski definition) is 3. The maximum absolute atomic E-state index is 12.9. The van der Waals surface area contributed by atoms with Gasteiger partial charge in [0.2, 0.25) is 0 Å². The molecule has 0 aliphatic heterocycles. The van der Waals surface area contributed by atoms with Crippen molar-refractivity contribution in [1.82, 2.24) is 4.57 Å². The van der Waals surface area contributed by atoms with Gasteiger partial charge in [0.25, 0.3) is 10.0 Å². The number of aromatic nitrogens is 1. The van der Waals surface area contributed by atoms with Crippen LogP contribution in [0, 0.1) is 6.92 Å². The molecular weight excluding hydrogens is 435 g/mol. The largest absolute Gasteiger partial charge is 0.480 e. The van der Waals surface area contributed by atoms with Gasteiger partial charge < -0.3 is 9.67 Å². The van der Waals surface area contributed by atoms with Crippen LogP contribution in [0.15, 0.2) is 41.3 Å². The molecule has 0 saturated heterocycles. The lowest BCUT2D eigenvalue weighted by atomic mass is 10.2. The number of benzene rings is 2. The van der Waals surface area contributed by atoms with Gasteiger partial charge >= 0.3 is 5.97 Å². The lowest BCUT2D eigenvalue weighted by Crippen LogP contribution is -2.15. The molecule has 3 aromatic rings. The molecule has 6 nitrogen and oxygen atoms in total. The maximum atomic E-state index is 12.9. The zero-order chi connectivity index (χ0) is 19.9. The molecule has 0 radical (unpaired) electrons. The van der Waals surface area contributed by atoms with Gasteiger partial charge in [0.05, 0.1) is 21.2 Å². The molecule has 2 aromatic carbocycles. The molecule has 0 amide bonds. The number of nitrogens with one attached hydrogen (secondary N) is 1. The Balaban J connectivity index is 2.19. The number of anilines is 1. The Morgan fingerprint density at radius 2 is 1.89 bits per heavy atom. The van der Waals surface area contributed by atoms with E-state index in [1.807, 2.05) is 0 Å². The highest BCUT2D eigenvalue weighted by Crippen LogP contribution is 2.36. The van der Waals surface area contributed by atoms with Crippen molar-refractivity contribution in [3.05, 3.63) is 57.2 Å². The number of carboxylic acid groups (broad SMARTS) is 1. The molecule has 0 fully saturated rings. The minimum Gasteiger partial charge on any atom is -0.480 e. The van der Waals surface area contributed by atoms with Crippen LogP contribution in [0.25, 0.3) is 10.9 Å². The average Bonchev–Trinajstić information content (AvgIpc) is 2.81. The molecule has 142 valence electrons. The van der Waals surface area contributed by atoms with E-state index in [2.05, 4.69) is 4.72 Å². The first-order valence-corrected chi connectivity index (χ1v) is 10.2. The zero-order valence-electron chi connectivity index (χ0n) is 13.8. The predicted octanol–water partition coefficient (Wildman–Crippen LogP) is 4.80. The van der Waals surface area contributed by atoms with Crippen LogP contribution in [0.5, 0.6) is 0 Å². The Morgan fingerprint density at radius 1 is 1.19 bits per heavy atom. The summed E-state index contributed by atoms with van der Waals surface area (Å²) in [5.41, 5.74) is 1.19. The zero-order valence-corrected chi connectivity index (χ0v) is 16.9. The highest BCUT2D eigenvalue weighted by molar-refractivity contribution is 7.92. The highest BCUT2D eigenvalue weighted by Gasteiger charge is 2.24. The lowest BCUT2D eigenvalue weighted by molar-refractivity contribution is -0.137. The third kappa shape index (κ3) is 3.73. The Morgan fingerprint density at radius 3 is 2.56 bits per heavy atom. The fourth-order valence-corrected chi connectivity index (χ4v) is 4.88. The second kappa shape index (κ2) is 7.24. The van der Waals surface area contributed by atoms with Crippen molar-refractivity contribution in [3.8, 4) is 0 Å². The summed E-state index contributed by atoms with van der Waals surface area (Å²) in [5.74, 6) is -1.06. The van der Waals surface area contributed by atoms with E-state index in [-0.39, 0.29) is 27.2 Å². The Kier molecular flexibility index (Phi) is 5.31. The first-order valence-electron chi connectivity index (χ1n) is 7.59. The van der Waals surface area contributed by atoms with Crippen molar-refractivity contribution >= 4 is 67.4 Å². The van der Waals surface area contributed by atoms with Gasteiger partial charge in [0.1, 0.15) is 11.4 Å². The molecule has 0 aliphatic carbocycles. The number of hydrogen-bond donors (Lipinski definition) is 2.